The van der Waals surface area contributed by atoms with Crippen molar-refractivity contribution in [2.75, 3.05) is 5.32 Å². The van der Waals surface area contributed by atoms with Gasteiger partial charge in [0.1, 0.15) is 0 Å². The lowest BCUT2D eigenvalue weighted by Gasteiger charge is -2.11. The number of H-pyrrole nitrogens is 1. The fourth-order valence-electron chi connectivity index (χ4n) is 2.28. The molecule has 2 nitrogen and oxygen atoms in total. The van der Waals surface area contributed by atoms with E-state index in [9.17, 15) is 0 Å². The standard InChI is InChI=1S/C16H15ClN2/c1-11-5-6-13(17)9-16(11)19-10-12-3-2-4-15-14(12)7-8-18-15/h2-9,18-19H,10H2,1H3. The van der Waals surface area contributed by atoms with Gasteiger partial charge in [0, 0.05) is 34.4 Å². The Kier molecular flexibility index (Phi) is 3.18. The molecule has 0 aliphatic rings. The van der Waals surface area contributed by atoms with Crippen molar-refractivity contribution in [1.29, 1.82) is 0 Å². The van der Waals surface area contributed by atoms with Crippen LogP contribution >= 0.6 is 11.6 Å². The predicted molar refractivity (Wildman–Crippen MR) is 81.8 cm³/mol. The van der Waals surface area contributed by atoms with Gasteiger partial charge in [-0.15, -0.1) is 0 Å². The van der Waals surface area contributed by atoms with Gasteiger partial charge in [-0.2, -0.15) is 0 Å². The van der Waals surface area contributed by atoms with Crippen LogP contribution in [0, 0.1) is 6.92 Å². The molecule has 0 aliphatic carbocycles. The van der Waals surface area contributed by atoms with Gasteiger partial charge in [0.2, 0.25) is 0 Å². The zero-order valence-electron chi connectivity index (χ0n) is 10.7. The fraction of sp³-hybridized carbons (Fsp3) is 0.125. The third-order valence-electron chi connectivity index (χ3n) is 3.35. The highest BCUT2D eigenvalue weighted by Gasteiger charge is 2.03. The van der Waals surface area contributed by atoms with E-state index >= 15 is 0 Å². The minimum Gasteiger partial charge on any atom is -0.381 e. The molecule has 0 amide bonds. The molecule has 3 rings (SSSR count). The molecule has 0 radical (unpaired) electrons. The number of hydrogen-bond acceptors (Lipinski definition) is 1. The third-order valence-corrected chi connectivity index (χ3v) is 3.59. The van der Waals surface area contributed by atoms with Crippen molar-refractivity contribution in [2.45, 2.75) is 13.5 Å². The summed E-state index contributed by atoms with van der Waals surface area (Å²) in [5.74, 6) is 0. The number of halogens is 1. The summed E-state index contributed by atoms with van der Waals surface area (Å²) in [6.07, 6.45) is 1.97. The molecule has 2 aromatic carbocycles. The SMILES string of the molecule is Cc1ccc(Cl)cc1NCc1cccc2[nH]ccc12. The molecule has 0 saturated carbocycles. The second-order valence-electron chi connectivity index (χ2n) is 4.67. The van der Waals surface area contributed by atoms with Crippen LogP contribution in [0.25, 0.3) is 10.9 Å². The van der Waals surface area contributed by atoms with E-state index in [4.69, 9.17) is 11.6 Å². The first-order chi connectivity index (χ1) is 9.24. The maximum atomic E-state index is 6.03. The highest BCUT2D eigenvalue weighted by molar-refractivity contribution is 6.30. The number of hydrogen-bond donors (Lipinski definition) is 2. The van der Waals surface area contributed by atoms with Crippen molar-refractivity contribution in [3.05, 3.63) is 64.8 Å². The minimum absolute atomic E-state index is 0.757. The van der Waals surface area contributed by atoms with Crippen LogP contribution < -0.4 is 5.32 Å². The van der Waals surface area contributed by atoms with E-state index in [0.717, 1.165) is 17.3 Å². The predicted octanol–water partition coefficient (Wildman–Crippen LogP) is 4.74. The number of aromatic nitrogens is 1. The average Bonchev–Trinajstić information content (AvgIpc) is 2.88. The highest BCUT2D eigenvalue weighted by atomic mass is 35.5. The van der Waals surface area contributed by atoms with Crippen molar-refractivity contribution < 1.29 is 0 Å². The van der Waals surface area contributed by atoms with Crippen molar-refractivity contribution in [1.82, 2.24) is 4.98 Å². The Morgan fingerprint density at radius 2 is 2.05 bits per heavy atom. The van der Waals surface area contributed by atoms with Crippen LogP contribution in [0.5, 0.6) is 0 Å². The molecule has 96 valence electrons. The minimum atomic E-state index is 0.757. The number of fused-ring (bicyclic) bond motifs is 1. The molecular weight excluding hydrogens is 256 g/mol. The first-order valence-corrected chi connectivity index (χ1v) is 6.67. The van der Waals surface area contributed by atoms with E-state index in [-0.39, 0.29) is 0 Å². The third kappa shape index (κ3) is 2.45. The lowest BCUT2D eigenvalue weighted by molar-refractivity contribution is 1.16. The molecule has 1 heterocycles. The molecule has 0 unspecified atom stereocenters. The van der Waals surface area contributed by atoms with Crippen molar-refractivity contribution in [2.24, 2.45) is 0 Å². The van der Waals surface area contributed by atoms with Gasteiger partial charge in [-0.1, -0.05) is 29.8 Å². The smallest absolute Gasteiger partial charge is 0.0457 e. The molecule has 3 aromatic rings. The topological polar surface area (TPSA) is 27.8 Å². The van der Waals surface area contributed by atoms with Crippen LogP contribution in [-0.4, -0.2) is 4.98 Å². The van der Waals surface area contributed by atoms with Crippen LogP contribution in [-0.2, 0) is 6.54 Å². The summed E-state index contributed by atoms with van der Waals surface area (Å²) in [5, 5.41) is 5.47. The van der Waals surface area contributed by atoms with Crippen molar-refractivity contribution in [3.8, 4) is 0 Å². The van der Waals surface area contributed by atoms with E-state index in [1.807, 2.05) is 24.4 Å². The van der Waals surface area contributed by atoms with E-state index in [1.54, 1.807) is 0 Å². The van der Waals surface area contributed by atoms with Gasteiger partial charge >= 0.3 is 0 Å². The quantitative estimate of drug-likeness (QED) is 0.707. The van der Waals surface area contributed by atoms with Gasteiger partial charge < -0.3 is 10.3 Å². The van der Waals surface area contributed by atoms with Crippen LogP contribution in [0.1, 0.15) is 11.1 Å². The summed E-state index contributed by atoms with van der Waals surface area (Å²) in [7, 11) is 0. The molecule has 0 saturated heterocycles. The fourth-order valence-corrected chi connectivity index (χ4v) is 2.45. The number of benzene rings is 2. The van der Waals surface area contributed by atoms with Gasteiger partial charge in [-0.05, 0) is 42.3 Å². The maximum Gasteiger partial charge on any atom is 0.0457 e. The maximum absolute atomic E-state index is 6.03. The molecule has 0 spiro atoms. The lowest BCUT2D eigenvalue weighted by Crippen LogP contribution is -2.01. The van der Waals surface area contributed by atoms with Crippen LogP contribution in [0.4, 0.5) is 5.69 Å². The van der Waals surface area contributed by atoms with Gasteiger partial charge in [0.25, 0.3) is 0 Å². The monoisotopic (exact) mass is 270 g/mol. The van der Waals surface area contributed by atoms with Crippen LogP contribution in [0.15, 0.2) is 48.7 Å². The second-order valence-corrected chi connectivity index (χ2v) is 5.11. The van der Waals surface area contributed by atoms with E-state index < -0.39 is 0 Å². The Balaban J connectivity index is 1.86. The highest BCUT2D eigenvalue weighted by Crippen LogP contribution is 2.23. The Bertz CT molecular complexity index is 716. The molecule has 3 heteroatoms. The molecule has 0 aliphatic heterocycles. The van der Waals surface area contributed by atoms with Crippen LogP contribution in [0.3, 0.4) is 0 Å². The average molecular weight is 271 g/mol. The Morgan fingerprint density at radius 3 is 2.95 bits per heavy atom. The molecule has 2 N–H and O–H groups in total. The summed E-state index contributed by atoms with van der Waals surface area (Å²) in [6, 6.07) is 14.3. The first kappa shape index (κ1) is 12.1. The van der Waals surface area contributed by atoms with E-state index in [0.29, 0.717) is 0 Å². The normalized spacial score (nSPS) is 10.8. The Labute approximate surface area is 117 Å². The van der Waals surface area contributed by atoms with Gasteiger partial charge in [0.15, 0.2) is 0 Å². The Hall–Kier alpha value is -1.93. The number of nitrogens with one attached hydrogen (secondary N) is 2. The molecule has 0 fully saturated rings. The van der Waals surface area contributed by atoms with Crippen molar-refractivity contribution >= 4 is 28.2 Å². The molecule has 19 heavy (non-hydrogen) atoms. The van der Waals surface area contributed by atoms with Crippen LogP contribution in [0.2, 0.25) is 5.02 Å². The summed E-state index contributed by atoms with van der Waals surface area (Å²) in [6.45, 7) is 2.87. The van der Waals surface area contributed by atoms with Gasteiger partial charge in [-0.25, -0.2) is 0 Å². The van der Waals surface area contributed by atoms with Gasteiger partial charge in [0.05, 0.1) is 0 Å². The summed E-state index contributed by atoms with van der Waals surface area (Å²) in [5.41, 5.74) is 4.73. The number of aryl methyl sites for hydroxylation is 1. The zero-order valence-corrected chi connectivity index (χ0v) is 11.5. The largest absolute Gasteiger partial charge is 0.381 e. The van der Waals surface area contributed by atoms with Gasteiger partial charge in [-0.3, -0.25) is 0 Å². The number of rotatable bonds is 3. The molecule has 0 bridgehead atoms. The summed E-state index contributed by atoms with van der Waals surface area (Å²) in [4.78, 5) is 3.23. The molecular formula is C16H15ClN2. The number of anilines is 1. The summed E-state index contributed by atoms with van der Waals surface area (Å²) < 4.78 is 0. The summed E-state index contributed by atoms with van der Waals surface area (Å²) >= 11 is 6.03. The Morgan fingerprint density at radius 1 is 1.16 bits per heavy atom. The first-order valence-electron chi connectivity index (χ1n) is 6.29. The number of aromatic amines is 1. The van der Waals surface area contributed by atoms with Crippen molar-refractivity contribution in [3.63, 3.8) is 0 Å². The van der Waals surface area contributed by atoms with E-state index in [2.05, 4.69) is 41.5 Å². The van der Waals surface area contributed by atoms with E-state index in [1.165, 1.54) is 22.0 Å². The molecule has 1 aromatic heterocycles. The zero-order chi connectivity index (χ0) is 13.2. The second kappa shape index (κ2) is 4.98. The molecule has 0 atom stereocenters. The lowest BCUT2D eigenvalue weighted by atomic mass is 10.1.